The van der Waals surface area contributed by atoms with Gasteiger partial charge in [-0.2, -0.15) is 0 Å². The Hall–Kier alpha value is -2.48. The van der Waals surface area contributed by atoms with Crippen molar-refractivity contribution in [1.29, 1.82) is 0 Å². The fourth-order valence-corrected chi connectivity index (χ4v) is 9.99. The average Bonchev–Trinajstić information content (AvgIpc) is 3.42. The number of carboxylic acid groups (broad SMARTS) is 1. The summed E-state index contributed by atoms with van der Waals surface area (Å²) in [4.78, 5) is 17.7. The smallest absolute Gasteiger partial charge is 0.355 e. The zero-order valence-electron chi connectivity index (χ0n) is 18.1. The average molecular weight is 453 g/mol. The summed E-state index contributed by atoms with van der Waals surface area (Å²) in [6.07, 6.45) is 0.954. The molecule has 3 aromatic rings. The van der Waals surface area contributed by atoms with Crippen molar-refractivity contribution >= 4 is 41.1 Å². The lowest BCUT2D eigenvalue weighted by Crippen LogP contribution is -2.67. The zero-order valence-corrected chi connectivity index (χ0v) is 19.9. The molecule has 2 aromatic carbocycles. The molecule has 0 spiro atoms. The summed E-state index contributed by atoms with van der Waals surface area (Å²) >= 11 is 1.38. The molecule has 1 N–H and O–H groups in total. The highest BCUT2D eigenvalue weighted by Gasteiger charge is 2.52. The second-order valence-electron chi connectivity index (χ2n) is 8.96. The molecule has 0 saturated carbocycles. The third-order valence-corrected chi connectivity index (χ3v) is 11.9. The monoisotopic (exact) mass is 452 g/mol. The minimum absolute atomic E-state index is 0.0588. The molecule has 7 heteroatoms. The third kappa shape index (κ3) is 4.17. The van der Waals surface area contributed by atoms with Crippen LogP contribution in [0.2, 0.25) is 5.04 Å². The normalized spacial score (nSPS) is 17.1. The Labute approximate surface area is 188 Å². The van der Waals surface area contributed by atoms with Gasteiger partial charge in [-0.1, -0.05) is 81.4 Å². The van der Waals surface area contributed by atoms with Crippen molar-refractivity contribution in [2.24, 2.45) is 0 Å². The van der Waals surface area contributed by atoms with E-state index >= 15 is 0 Å². The fraction of sp³-hybridized carbons (Fsp3) is 0.333. The van der Waals surface area contributed by atoms with E-state index in [4.69, 9.17) is 4.43 Å². The van der Waals surface area contributed by atoms with Crippen LogP contribution in [-0.4, -0.2) is 43.6 Å². The molecule has 0 amide bonds. The number of carboxylic acids is 1. The van der Waals surface area contributed by atoms with E-state index in [-0.39, 0.29) is 16.8 Å². The van der Waals surface area contributed by atoms with Gasteiger partial charge in [-0.3, -0.25) is 0 Å². The Bertz CT molecular complexity index is 994. The van der Waals surface area contributed by atoms with Gasteiger partial charge in [0.15, 0.2) is 10.8 Å². The summed E-state index contributed by atoms with van der Waals surface area (Å²) in [7, 11) is -2.60. The Balaban J connectivity index is 1.68. The van der Waals surface area contributed by atoms with Crippen LogP contribution in [0.3, 0.4) is 0 Å². The van der Waals surface area contributed by atoms with E-state index in [2.05, 4.69) is 91.3 Å². The van der Waals surface area contributed by atoms with Crippen LogP contribution in [0.1, 0.15) is 37.7 Å². The number of aromatic carboxylic acids is 1. The van der Waals surface area contributed by atoms with Gasteiger partial charge in [0.25, 0.3) is 8.32 Å². The zero-order chi connectivity index (χ0) is 22.1. The molecule has 31 heavy (non-hydrogen) atoms. The number of hydrogen-bond acceptors (Lipinski definition) is 5. The Morgan fingerprint density at radius 1 is 1.10 bits per heavy atom. The van der Waals surface area contributed by atoms with Gasteiger partial charge in [-0.25, -0.2) is 9.78 Å². The van der Waals surface area contributed by atoms with Crippen LogP contribution in [0.25, 0.3) is 0 Å². The van der Waals surface area contributed by atoms with Crippen LogP contribution < -0.4 is 15.3 Å². The fourth-order valence-electron chi connectivity index (χ4n) is 4.45. The number of thiazole rings is 1. The van der Waals surface area contributed by atoms with E-state index in [1.54, 1.807) is 5.38 Å². The van der Waals surface area contributed by atoms with Gasteiger partial charge in [-0.15, -0.1) is 11.3 Å². The minimum atomic E-state index is -2.60. The number of anilines is 1. The SMILES string of the molecule is CC(C)(C)[Si](OC1CCN(c2nc(C(=O)O)cs2)C1)(c1ccccc1)c1ccccc1. The summed E-state index contributed by atoms with van der Waals surface area (Å²) in [5.41, 5.74) is 0.108. The van der Waals surface area contributed by atoms with Crippen molar-refractivity contribution in [1.82, 2.24) is 4.98 Å². The summed E-state index contributed by atoms with van der Waals surface area (Å²) in [6.45, 7) is 8.39. The molecule has 5 nitrogen and oxygen atoms in total. The van der Waals surface area contributed by atoms with E-state index < -0.39 is 14.3 Å². The van der Waals surface area contributed by atoms with E-state index in [0.717, 1.165) is 24.6 Å². The maximum absolute atomic E-state index is 11.2. The molecule has 0 radical (unpaired) electrons. The van der Waals surface area contributed by atoms with E-state index in [1.807, 2.05) is 0 Å². The van der Waals surface area contributed by atoms with Crippen molar-refractivity contribution < 1.29 is 14.3 Å². The minimum Gasteiger partial charge on any atom is -0.476 e. The highest BCUT2D eigenvalue weighted by Crippen LogP contribution is 2.39. The summed E-state index contributed by atoms with van der Waals surface area (Å²) in [5.74, 6) is -0.984. The van der Waals surface area contributed by atoms with Crippen LogP contribution in [-0.2, 0) is 4.43 Å². The molecule has 0 aliphatic carbocycles. The van der Waals surface area contributed by atoms with Gasteiger partial charge in [0.05, 0.1) is 6.10 Å². The quantitative estimate of drug-likeness (QED) is 0.573. The molecule has 0 bridgehead atoms. The maximum Gasteiger partial charge on any atom is 0.355 e. The number of rotatable bonds is 6. The standard InChI is InChI=1S/C24H28N2O3SSi/c1-24(2,3)31(19-10-6-4-7-11-19,20-12-8-5-9-13-20)29-18-14-15-26(16-18)23-25-21(17-30-23)22(27)28/h4-13,17-18H,14-16H2,1-3H3,(H,27,28). The van der Waals surface area contributed by atoms with E-state index in [1.165, 1.54) is 21.7 Å². The first-order valence-corrected chi connectivity index (χ1v) is 13.3. The molecule has 1 unspecified atom stereocenters. The number of hydrogen-bond donors (Lipinski definition) is 1. The van der Waals surface area contributed by atoms with Crippen LogP contribution >= 0.6 is 11.3 Å². The Morgan fingerprint density at radius 2 is 1.68 bits per heavy atom. The van der Waals surface area contributed by atoms with E-state index in [0.29, 0.717) is 0 Å². The second kappa shape index (κ2) is 8.57. The van der Waals surface area contributed by atoms with Gasteiger partial charge in [-0.05, 0) is 21.8 Å². The first-order chi connectivity index (χ1) is 14.8. The predicted octanol–water partition coefficient (Wildman–Crippen LogP) is 4.00. The third-order valence-electron chi connectivity index (χ3n) is 5.89. The lowest BCUT2D eigenvalue weighted by Gasteiger charge is -2.44. The molecular formula is C24H28N2O3SSi. The first kappa shape index (κ1) is 21.7. The van der Waals surface area contributed by atoms with Crippen molar-refractivity contribution in [2.75, 3.05) is 18.0 Å². The molecule has 162 valence electrons. The van der Waals surface area contributed by atoms with Gasteiger partial charge in [0.1, 0.15) is 0 Å². The second-order valence-corrected chi connectivity index (χ2v) is 14.0. The van der Waals surface area contributed by atoms with Gasteiger partial charge < -0.3 is 14.4 Å². The van der Waals surface area contributed by atoms with E-state index in [9.17, 15) is 9.90 Å². The van der Waals surface area contributed by atoms with Gasteiger partial charge >= 0.3 is 5.97 Å². The number of benzene rings is 2. The number of nitrogens with zero attached hydrogens (tertiary/aromatic N) is 2. The summed E-state index contributed by atoms with van der Waals surface area (Å²) < 4.78 is 7.20. The molecule has 1 aromatic heterocycles. The van der Waals surface area contributed by atoms with Crippen molar-refractivity contribution in [3.63, 3.8) is 0 Å². The highest BCUT2D eigenvalue weighted by atomic mass is 32.1. The molecule has 2 heterocycles. The topological polar surface area (TPSA) is 62.7 Å². The lowest BCUT2D eigenvalue weighted by molar-refractivity contribution is 0.0691. The van der Waals surface area contributed by atoms with Gasteiger partial charge in [0, 0.05) is 18.5 Å². The highest BCUT2D eigenvalue weighted by molar-refractivity contribution is 7.14. The number of carbonyl (C=O) groups is 1. The Kier molecular flexibility index (Phi) is 6.01. The molecule has 4 rings (SSSR count). The predicted molar refractivity (Wildman–Crippen MR) is 128 cm³/mol. The molecular weight excluding hydrogens is 424 g/mol. The first-order valence-electron chi connectivity index (χ1n) is 10.5. The molecule has 1 aliphatic rings. The summed E-state index contributed by atoms with van der Waals surface area (Å²) in [6, 6.07) is 21.3. The van der Waals surface area contributed by atoms with Crippen LogP contribution in [0.5, 0.6) is 0 Å². The molecule has 1 aliphatic heterocycles. The summed E-state index contributed by atoms with van der Waals surface area (Å²) in [5, 5.41) is 14.0. The molecule has 1 saturated heterocycles. The van der Waals surface area contributed by atoms with Crippen LogP contribution in [0, 0.1) is 0 Å². The largest absolute Gasteiger partial charge is 0.476 e. The Morgan fingerprint density at radius 3 is 2.16 bits per heavy atom. The maximum atomic E-state index is 11.2. The molecule has 1 fully saturated rings. The molecule has 1 atom stereocenters. The van der Waals surface area contributed by atoms with Gasteiger partial charge in [0.2, 0.25) is 0 Å². The van der Waals surface area contributed by atoms with Crippen LogP contribution in [0.4, 0.5) is 5.13 Å². The van der Waals surface area contributed by atoms with Crippen molar-refractivity contribution in [3.05, 3.63) is 71.7 Å². The lowest BCUT2D eigenvalue weighted by atomic mass is 10.2. The number of aromatic nitrogens is 1. The van der Waals surface area contributed by atoms with Crippen molar-refractivity contribution in [2.45, 2.75) is 38.3 Å². The van der Waals surface area contributed by atoms with Crippen LogP contribution in [0.15, 0.2) is 66.0 Å². The van der Waals surface area contributed by atoms with Crippen molar-refractivity contribution in [3.8, 4) is 0 Å².